The number of rotatable bonds is 7. The summed E-state index contributed by atoms with van der Waals surface area (Å²) in [7, 11) is -4.20. The average molecular weight is 365 g/mol. The van der Waals surface area contributed by atoms with Gasteiger partial charge in [0.25, 0.3) is 0 Å². The molecular weight excluding hydrogens is 351 g/mol. The monoisotopic (exact) mass is 365 g/mol. The molecule has 2 rings (SSSR count). The van der Waals surface area contributed by atoms with Gasteiger partial charge in [-0.05, 0) is 12.1 Å². The van der Waals surface area contributed by atoms with E-state index in [-0.39, 0.29) is 13.1 Å². The molecule has 0 bridgehead atoms. The van der Waals surface area contributed by atoms with Crippen molar-refractivity contribution in [2.45, 2.75) is 17.6 Å². The quantitative estimate of drug-likeness (QED) is 0.574. The number of hydrogen-bond donors (Lipinski definition) is 4. The lowest BCUT2D eigenvalue weighted by atomic mass is 10.2. The summed E-state index contributed by atoms with van der Waals surface area (Å²) >= 11 is 0. The maximum Gasteiger partial charge on any atom is 0.419 e. The van der Waals surface area contributed by atoms with Gasteiger partial charge in [0.15, 0.2) is 0 Å². The molecule has 12 heteroatoms. The zero-order valence-electron chi connectivity index (χ0n) is 12.1. The van der Waals surface area contributed by atoms with Crippen LogP contribution in [0.4, 0.5) is 19.0 Å². The minimum atomic E-state index is -4.80. The third kappa shape index (κ3) is 4.43. The van der Waals surface area contributed by atoms with Crippen LogP contribution in [-0.2, 0) is 22.7 Å². The number of aromatic amines is 1. The number of alkyl halides is 3. The summed E-state index contributed by atoms with van der Waals surface area (Å²) in [5.74, 6) is -0.502. The van der Waals surface area contributed by atoms with E-state index in [2.05, 4.69) is 20.5 Å². The molecule has 0 aliphatic carbocycles. The fourth-order valence-electron chi connectivity index (χ4n) is 1.77. The fraction of sp³-hybridized carbons (Fsp3) is 0.333. The lowest BCUT2D eigenvalue weighted by Crippen LogP contribution is -2.27. The van der Waals surface area contributed by atoms with E-state index in [0.29, 0.717) is 11.8 Å². The highest BCUT2D eigenvalue weighted by Crippen LogP contribution is 2.35. The number of anilines is 1. The summed E-state index contributed by atoms with van der Waals surface area (Å²) in [6.07, 6.45) is -2.55. The number of hydrogen-bond acceptors (Lipinski definition) is 6. The molecular formula is C12H14F3N5O3S. The van der Waals surface area contributed by atoms with E-state index < -0.39 is 39.1 Å². The second-order valence-corrected chi connectivity index (χ2v) is 6.39. The lowest BCUT2D eigenvalue weighted by Gasteiger charge is -2.15. The smallest absolute Gasteiger partial charge is 0.395 e. The van der Waals surface area contributed by atoms with Crippen LogP contribution in [0.3, 0.4) is 0 Å². The Morgan fingerprint density at radius 2 is 2.08 bits per heavy atom. The second kappa shape index (κ2) is 7.15. The van der Waals surface area contributed by atoms with E-state index in [0.717, 1.165) is 6.20 Å². The highest BCUT2D eigenvalue weighted by Gasteiger charge is 2.36. The molecule has 8 nitrogen and oxygen atoms in total. The van der Waals surface area contributed by atoms with E-state index in [1.165, 1.54) is 6.20 Å². The molecule has 0 aromatic carbocycles. The first kappa shape index (κ1) is 18.2. The topological polar surface area (TPSA) is 120 Å². The molecule has 0 aliphatic rings. The molecule has 2 aromatic rings. The van der Waals surface area contributed by atoms with Gasteiger partial charge in [-0.1, -0.05) is 0 Å². The maximum atomic E-state index is 13.2. The minimum Gasteiger partial charge on any atom is -0.395 e. The number of aromatic nitrogens is 3. The summed E-state index contributed by atoms with van der Waals surface area (Å²) in [4.78, 5) is 2.93. The van der Waals surface area contributed by atoms with Gasteiger partial charge in [-0.15, -0.1) is 0 Å². The first-order chi connectivity index (χ1) is 11.2. The van der Waals surface area contributed by atoms with E-state index in [9.17, 15) is 21.6 Å². The van der Waals surface area contributed by atoms with Crippen molar-refractivity contribution in [2.24, 2.45) is 0 Å². The van der Waals surface area contributed by atoms with Crippen LogP contribution in [0.15, 0.2) is 29.4 Å². The maximum absolute atomic E-state index is 13.2. The molecule has 0 fully saturated rings. The number of H-pyrrole nitrogens is 1. The zero-order valence-corrected chi connectivity index (χ0v) is 12.9. The van der Waals surface area contributed by atoms with E-state index >= 15 is 0 Å². The normalized spacial score (nSPS) is 12.3. The van der Waals surface area contributed by atoms with Gasteiger partial charge in [0, 0.05) is 18.9 Å². The molecule has 24 heavy (non-hydrogen) atoms. The molecule has 0 atom stereocenters. The molecule has 132 valence electrons. The van der Waals surface area contributed by atoms with Crippen molar-refractivity contribution >= 4 is 15.8 Å². The number of nitrogens with one attached hydrogen (secondary N) is 3. The van der Waals surface area contributed by atoms with Gasteiger partial charge >= 0.3 is 6.18 Å². The predicted octanol–water partition coefficient (Wildman–Crippen LogP) is 0.706. The molecule has 0 radical (unpaired) electrons. The van der Waals surface area contributed by atoms with Gasteiger partial charge in [0.1, 0.15) is 10.7 Å². The first-order valence-corrected chi connectivity index (χ1v) is 8.12. The Hall–Kier alpha value is -2.18. The molecule has 0 saturated carbocycles. The van der Waals surface area contributed by atoms with Crippen LogP contribution in [0.25, 0.3) is 0 Å². The Morgan fingerprint density at radius 1 is 1.33 bits per heavy atom. The summed E-state index contributed by atoms with van der Waals surface area (Å²) in [5, 5.41) is 17.3. The van der Waals surface area contributed by atoms with Crippen LogP contribution in [-0.4, -0.2) is 41.9 Å². The van der Waals surface area contributed by atoms with Gasteiger partial charge in [0.2, 0.25) is 10.0 Å². The number of nitrogens with zero attached hydrogens (tertiary/aromatic N) is 2. The van der Waals surface area contributed by atoms with Crippen LogP contribution in [0.5, 0.6) is 0 Å². The SMILES string of the molecule is O=S(=O)(NCCO)c1cnc(NCc2ccn[nH]2)c(C(F)(F)F)c1. The van der Waals surface area contributed by atoms with Crippen LogP contribution >= 0.6 is 0 Å². The van der Waals surface area contributed by atoms with Crippen molar-refractivity contribution in [1.29, 1.82) is 0 Å². The fourth-order valence-corrected chi connectivity index (χ4v) is 2.77. The summed E-state index contributed by atoms with van der Waals surface area (Å²) in [5.41, 5.74) is -0.680. The Balaban J connectivity index is 2.32. The van der Waals surface area contributed by atoms with Crippen LogP contribution in [0.2, 0.25) is 0 Å². The number of pyridine rings is 1. The summed E-state index contributed by atoms with van der Waals surface area (Å²) < 4.78 is 65.2. The third-order valence-corrected chi connectivity index (χ3v) is 4.31. The summed E-state index contributed by atoms with van der Waals surface area (Å²) in [6.45, 7) is -0.795. The molecule has 2 aromatic heterocycles. The lowest BCUT2D eigenvalue weighted by molar-refractivity contribution is -0.137. The van der Waals surface area contributed by atoms with E-state index in [4.69, 9.17) is 5.11 Å². The number of halogens is 3. The standard InChI is InChI=1S/C12H14F3N5O3S/c13-12(14,15)10-5-9(24(22,23)19-3-4-21)7-17-11(10)16-6-8-1-2-18-20-8/h1-2,5,7,19,21H,3-4,6H2,(H,16,17)(H,18,20). The van der Waals surface area contributed by atoms with E-state index in [1.807, 2.05) is 4.72 Å². The van der Waals surface area contributed by atoms with Crippen molar-refractivity contribution in [3.63, 3.8) is 0 Å². The Labute approximate surface area is 135 Å². The summed E-state index contributed by atoms with van der Waals surface area (Å²) in [6, 6.07) is 2.06. The molecule has 0 spiro atoms. The van der Waals surface area contributed by atoms with Crippen molar-refractivity contribution in [3.8, 4) is 0 Å². The van der Waals surface area contributed by atoms with E-state index in [1.54, 1.807) is 6.07 Å². The van der Waals surface area contributed by atoms with Crippen LogP contribution < -0.4 is 10.0 Å². The van der Waals surface area contributed by atoms with Gasteiger partial charge < -0.3 is 10.4 Å². The molecule has 0 aliphatic heterocycles. The van der Waals surface area contributed by atoms with Gasteiger partial charge in [0.05, 0.1) is 24.4 Å². The van der Waals surface area contributed by atoms with Crippen molar-refractivity contribution in [2.75, 3.05) is 18.5 Å². The van der Waals surface area contributed by atoms with Gasteiger partial charge in [-0.3, -0.25) is 5.10 Å². The Kier molecular flexibility index (Phi) is 5.41. The highest BCUT2D eigenvalue weighted by molar-refractivity contribution is 7.89. The van der Waals surface area contributed by atoms with Gasteiger partial charge in [-0.25, -0.2) is 18.1 Å². The van der Waals surface area contributed by atoms with Crippen molar-refractivity contribution in [3.05, 3.63) is 35.8 Å². The predicted molar refractivity (Wildman–Crippen MR) is 77.4 cm³/mol. The number of aliphatic hydroxyl groups is 1. The molecule has 0 saturated heterocycles. The Bertz CT molecular complexity index is 778. The average Bonchev–Trinajstić information content (AvgIpc) is 3.03. The Morgan fingerprint density at radius 3 is 2.67 bits per heavy atom. The van der Waals surface area contributed by atoms with Crippen LogP contribution in [0.1, 0.15) is 11.3 Å². The number of sulfonamides is 1. The molecule has 4 N–H and O–H groups in total. The highest BCUT2D eigenvalue weighted by atomic mass is 32.2. The first-order valence-electron chi connectivity index (χ1n) is 6.64. The van der Waals surface area contributed by atoms with Crippen molar-refractivity contribution in [1.82, 2.24) is 19.9 Å². The third-order valence-electron chi connectivity index (χ3n) is 2.89. The number of aliphatic hydroxyl groups excluding tert-OH is 1. The van der Waals surface area contributed by atoms with Crippen LogP contribution in [0, 0.1) is 0 Å². The minimum absolute atomic E-state index is 0.00490. The zero-order chi connectivity index (χ0) is 17.8. The van der Waals surface area contributed by atoms with Gasteiger partial charge in [-0.2, -0.15) is 18.3 Å². The molecule has 0 amide bonds. The molecule has 2 heterocycles. The second-order valence-electron chi connectivity index (χ2n) is 4.62. The molecule has 0 unspecified atom stereocenters. The van der Waals surface area contributed by atoms with Crippen molar-refractivity contribution < 1.29 is 26.7 Å². The largest absolute Gasteiger partial charge is 0.419 e.